The summed E-state index contributed by atoms with van der Waals surface area (Å²) in [5.41, 5.74) is 4.09. The number of carbonyl (C=O) groups excluding carboxylic acids is 1. The predicted octanol–water partition coefficient (Wildman–Crippen LogP) is 4.69. The Bertz CT molecular complexity index is 751. The van der Waals surface area contributed by atoms with Gasteiger partial charge in [-0.05, 0) is 68.5 Å². The van der Waals surface area contributed by atoms with E-state index in [1.54, 1.807) is 12.1 Å². The molecule has 3 nitrogen and oxygen atoms in total. The monoisotopic (exact) mass is 326 g/mol. The van der Waals surface area contributed by atoms with Crippen LogP contribution in [0.25, 0.3) is 0 Å². The van der Waals surface area contributed by atoms with Crippen molar-refractivity contribution in [2.24, 2.45) is 0 Å². The van der Waals surface area contributed by atoms with Gasteiger partial charge in [0.2, 0.25) is 0 Å². The van der Waals surface area contributed by atoms with Gasteiger partial charge in [-0.3, -0.25) is 4.79 Å². The fraction of sp³-hybridized carbons (Fsp3) is 0.350. The van der Waals surface area contributed by atoms with Crippen molar-refractivity contribution in [1.29, 1.82) is 0 Å². The summed E-state index contributed by atoms with van der Waals surface area (Å²) in [4.78, 5) is 14.9. The number of nitrogens with zero attached hydrogens (tertiary/aromatic N) is 1. The van der Waals surface area contributed by atoms with Gasteiger partial charge in [-0.25, -0.2) is 4.39 Å². The molecule has 1 N–H and O–H groups in total. The van der Waals surface area contributed by atoms with Gasteiger partial charge in [-0.1, -0.05) is 12.1 Å². The van der Waals surface area contributed by atoms with E-state index in [4.69, 9.17) is 0 Å². The zero-order chi connectivity index (χ0) is 17.1. The van der Waals surface area contributed by atoms with Crippen LogP contribution in [0.3, 0.4) is 0 Å². The first-order valence-corrected chi connectivity index (χ1v) is 8.48. The Morgan fingerprint density at radius 2 is 1.83 bits per heavy atom. The van der Waals surface area contributed by atoms with Crippen molar-refractivity contribution in [2.75, 3.05) is 23.3 Å². The number of hydrogen-bond donors (Lipinski definition) is 1. The predicted molar refractivity (Wildman–Crippen MR) is 96.3 cm³/mol. The molecule has 0 spiro atoms. The first kappa shape index (κ1) is 16.5. The average Bonchev–Trinajstić information content (AvgIpc) is 2.58. The molecule has 0 aromatic heterocycles. The second-order valence-electron chi connectivity index (χ2n) is 6.41. The van der Waals surface area contributed by atoms with E-state index < -0.39 is 0 Å². The molecule has 2 aromatic rings. The molecule has 1 fully saturated rings. The van der Waals surface area contributed by atoms with Crippen LogP contribution >= 0.6 is 0 Å². The van der Waals surface area contributed by atoms with Crippen LogP contribution in [0.1, 0.15) is 40.7 Å². The number of amides is 1. The van der Waals surface area contributed by atoms with Crippen LogP contribution in [-0.2, 0) is 0 Å². The normalized spacial score (nSPS) is 14.5. The summed E-state index contributed by atoms with van der Waals surface area (Å²) in [6.45, 7) is 5.80. The minimum Gasteiger partial charge on any atom is -0.370 e. The third-order valence-electron chi connectivity index (χ3n) is 4.75. The number of anilines is 2. The van der Waals surface area contributed by atoms with Crippen LogP contribution < -0.4 is 10.2 Å². The molecule has 0 radical (unpaired) electrons. The minimum absolute atomic E-state index is 0.194. The van der Waals surface area contributed by atoms with Gasteiger partial charge in [0, 0.05) is 18.7 Å². The minimum atomic E-state index is -0.341. The summed E-state index contributed by atoms with van der Waals surface area (Å²) in [6.07, 6.45) is 3.48. The van der Waals surface area contributed by atoms with Crippen LogP contribution in [0.4, 0.5) is 15.8 Å². The van der Waals surface area contributed by atoms with E-state index in [1.807, 2.05) is 26.0 Å². The smallest absolute Gasteiger partial charge is 0.255 e. The molecule has 1 saturated heterocycles. The number of nitrogens with one attached hydrogen (secondary N) is 1. The van der Waals surface area contributed by atoms with Crippen molar-refractivity contribution in [3.63, 3.8) is 0 Å². The van der Waals surface area contributed by atoms with Crippen LogP contribution in [0.2, 0.25) is 0 Å². The lowest BCUT2D eigenvalue weighted by Crippen LogP contribution is -2.30. The average molecular weight is 326 g/mol. The molecular weight excluding hydrogens is 303 g/mol. The molecule has 0 saturated carbocycles. The Morgan fingerprint density at radius 1 is 1.08 bits per heavy atom. The van der Waals surface area contributed by atoms with Gasteiger partial charge in [-0.15, -0.1) is 0 Å². The Hall–Kier alpha value is -2.36. The highest BCUT2D eigenvalue weighted by Crippen LogP contribution is 2.30. The molecule has 1 amide bonds. The molecule has 126 valence electrons. The number of benzene rings is 2. The zero-order valence-corrected chi connectivity index (χ0v) is 14.2. The van der Waals surface area contributed by atoms with Crippen LogP contribution in [0.15, 0.2) is 36.4 Å². The van der Waals surface area contributed by atoms with Crippen molar-refractivity contribution in [3.05, 3.63) is 58.9 Å². The molecule has 3 rings (SSSR count). The van der Waals surface area contributed by atoms with Crippen LogP contribution in [-0.4, -0.2) is 19.0 Å². The van der Waals surface area contributed by atoms with Crippen molar-refractivity contribution in [3.8, 4) is 0 Å². The van der Waals surface area contributed by atoms with Crippen molar-refractivity contribution >= 4 is 17.3 Å². The second kappa shape index (κ2) is 7.04. The maximum atomic E-state index is 13.7. The topological polar surface area (TPSA) is 32.3 Å². The standard InChI is InChI=1S/C20H23FN2O/c1-14-7-6-8-17(15(14)2)20(24)22-18-13-16(21)9-10-19(18)23-11-4-3-5-12-23/h6-10,13H,3-5,11-12H2,1-2H3,(H,22,24). The number of halogens is 1. The van der Waals surface area contributed by atoms with Gasteiger partial charge >= 0.3 is 0 Å². The Morgan fingerprint density at radius 3 is 2.58 bits per heavy atom. The second-order valence-corrected chi connectivity index (χ2v) is 6.41. The maximum absolute atomic E-state index is 13.7. The number of carbonyl (C=O) groups is 1. The summed E-state index contributed by atoms with van der Waals surface area (Å²) in [6, 6.07) is 10.3. The molecule has 1 aliphatic rings. The highest BCUT2D eigenvalue weighted by molar-refractivity contribution is 6.07. The molecule has 1 heterocycles. The third kappa shape index (κ3) is 3.42. The van der Waals surface area contributed by atoms with Gasteiger partial charge in [0.25, 0.3) is 5.91 Å². The largest absolute Gasteiger partial charge is 0.370 e. The summed E-state index contributed by atoms with van der Waals surface area (Å²) < 4.78 is 13.7. The van der Waals surface area contributed by atoms with Gasteiger partial charge in [0.05, 0.1) is 11.4 Å². The van der Waals surface area contributed by atoms with E-state index in [0.717, 1.165) is 42.7 Å². The van der Waals surface area contributed by atoms with Gasteiger partial charge in [-0.2, -0.15) is 0 Å². The summed E-state index contributed by atoms with van der Waals surface area (Å²) in [5, 5.41) is 2.91. The lowest BCUT2D eigenvalue weighted by atomic mass is 10.0. The zero-order valence-electron chi connectivity index (χ0n) is 14.2. The van der Waals surface area contributed by atoms with Crippen LogP contribution in [0, 0.1) is 19.7 Å². The molecule has 1 aliphatic heterocycles. The molecule has 0 bridgehead atoms. The van der Waals surface area contributed by atoms with Crippen LogP contribution in [0.5, 0.6) is 0 Å². The molecular formula is C20H23FN2O. The number of hydrogen-bond acceptors (Lipinski definition) is 2. The quantitative estimate of drug-likeness (QED) is 0.888. The lowest BCUT2D eigenvalue weighted by Gasteiger charge is -2.30. The van der Waals surface area contributed by atoms with Gasteiger partial charge in [0.15, 0.2) is 0 Å². The Labute approximate surface area is 142 Å². The number of rotatable bonds is 3. The highest BCUT2D eigenvalue weighted by Gasteiger charge is 2.18. The van der Waals surface area contributed by atoms with E-state index >= 15 is 0 Å². The fourth-order valence-corrected chi connectivity index (χ4v) is 3.21. The molecule has 0 unspecified atom stereocenters. The Balaban J connectivity index is 1.90. The van der Waals surface area contributed by atoms with Crippen molar-refractivity contribution in [2.45, 2.75) is 33.1 Å². The lowest BCUT2D eigenvalue weighted by molar-refractivity contribution is 0.102. The van der Waals surface area contributed by atoms with Crippen molar-refractivity contribution < 1.29 is 9.18 Å². The van der Waals surface area contributed by atoms with E-state index in [1.165, 1.54) is 18.6 Å². The third-order valence-corrected chi connectivity index (χ3v) is 4.75. The maximum Gasteiger partial charge on any atom is 0.255 e. The van der Waals surface area contributed by atoms with E-state index in [2.05, 4.69) is 10.2 Å². The van der Waals surface area contributed by atoms with Gasteiger partial charge < -0.3 is 10.2 Å². The first-order valence-electron chi connectivity index (χ1n) is 8.48. The van der Waals surface area contributed by atoms with Crippen molar-refractivity contribution in [1.82, 2.24) is 0 Å². The van der Waals surface area contributed by atoms with E-state index in [-0.39, 0.29) is 11.7 Å². The fourth-order valence-electron chi connectivity index (χ4n) is 3.21. The first-order chi connectivity index (χ1) is 11.6. The molecule has 4 heteroatoms. The Kier molecular flexibility index (Phi) is 4.84. The highest BCUT2D eigenvalue weighted by atomic mass is 19.1. The number of aryl methyl sites for hydroxylation is 1. The SMILES string of the molecule is Cc1cccc(C(=O)Nc2cc(F)ccc2N2CCCCC2)c1C. The summed E-state index contributed by atoms with van der Waals surface area (Å²) in [7, 11) is 0. The molecule has 0 aliphatic carbocycles. The summed E-state index contributed by atoms with van der Waals surface area (Å²) in [5.74, 6) is -0.535. The molecule has 0 atom stereocenters. The van der Waals surface area contributed by atoms with E-state index in [9.17, 15) is 9.18 Å². The van der Waals surface area contributed by atoms with Gasteiger partial charge in [0.1, 0.15) is 5.82 Å². The number of piperidine rings is 1. The van der Waals surface area contributed by atoms with E-state index in [0.29, 0.717) is 11.3 Å². The molecule has 24 heavy (non-hydrogen) atoms. The molecule has 2 aromatic carbocycles. The summed E-state index contributed by atoms with van der Waals surface area (Å²) >= 11 is 0.